The fraction of sp³-hybridized carbons (Fsp3) is 0.350. The molecule has 0 unspecified atom stereocenters. The fourth-order valence-corrected chi connectivity index (χ4v) is 3.26. The quantitative estimate of drug-likeness (QED) is 0.694. The van der Waals surface area contributed by atoms with E-state index in [1.807, 2.05) is 54.9 Å². The SMILES string of the molecule is CCN(Cc1ccc2c(c1)OCCO2)C(=O)c1ccc2c(c1)nnn2CC. The molecule has 1 aromatic heterocycles. The third-order valence-electron chi connectivity index (χ3n) is 4.71. The molecule has 0 fully saturated rings. The van der Waals surface area contributed by atoms with E-state index in [1.54, 1.807) is 4.90 Å². The van der Waals surface area contributed by atoms with E-state index in [1.165, 1.54) is 0 Å². The van der Waals surface area contributed by atoms with E-state index in [9.17, 15) is 4.79 Å². The Labute approximate surface area is 157 Å². The van der Waals surface area contributed by atoms with Crippen molar-refractivity contribution in [1.29, 1.82) is 0 Å². The van der Waals surface area contributed by atoms with Gasteiger partial charge in [-0.25, -0.2) is 4.68 Å². The molecule has 0 bridgehead atoms. The van der Waals surface area contributed by atoms with Gasteiger partial charge in [0.15, 0.2) is 11.5 Å². The van der Waals surface area contributed by atoms with E-state index < -0.39 is 0 Å². The number of carbonyl (C=O) groups is 1. The van der Waals surface area contributed by atoms with Gasteiger partial charge in [0.25, 0.3) is 5.91 Å². The first-order valence-electron chi connectivity index (χ1n) is 9.20. The normalized spacial score (nSPS) is 13.0. The Morgan fingerprint density at radius 3 is 2.70 bits per heavy atom. The highest BCUT2D eigenvalue weighted by atomic mass is 16.6. The molecule has 0 spiro atoms. The third kappa shape index (κ3) is 3.32. The second kappa shape index (κ2) is 7.26. The lowest BCUT2D eigenvalue weighted by Gasteiger charge is -2.23. The molecule has 2 heterocycles. The number of aromatic nitrogens is 3. The maximum absolute atomic E-state index is 13.0. The van der Waals surface area contributed by atoms with E-state index in [4.69, 9.17) is 9.47 Å². The van der Waals surface area contributed by atoms with Crippen molar-refractivity contribution in [2.45, 2.75) is 26.9 Å². The summed E-state index contributed by atoms with van der Waals surface area (Å²) in [5.41, 5.74) is 3.29. The first-order valence-corrected chi connectivity index (χ1v) is 9.20. The summed E-state index contributed by atoms with van der Waals surface area (Å²) in [6.07, 6.45) is 0. The zero-order chi connectivity index (χ0) is 18.8. The van der Waals surface area contributed by atoms with E-state index in [0.29, 0.717) is 31.9 Å². The van der Waals surface area contributed by atoms with Crippen LogP contribution in [0.1, 0.15) is 29.8 Å². The van der Waals surface area contributed by atoms with Crippen molar-refractivity contribution in [2.75, 3.05) is 19.8 Å². The second-order valence-corrected chi connectivity index (χ2v) is 6.41. The van der Waals surface area contributed by atoms with Gasteiger partial charge in [-0.05, 0) is 49.7 Å². The summed E-state index contributed by atoms with van der Waals surface area (Å²) >= 11 is 0. The van der Waals surface area contributed by atoms with Gasteiger partial charge in [0.05, 0.1) is 5.52 Å². The molecule has 140 valence electrons. The van der Waals surface area contributed by atoms with Gasteiger partial charge in [0, 0.05) is 25.2 Å². The number of rotatable bonds is 5. The zero-order valence-corrected chi connectivity index (χ0v) is 15.5. The van der Waals surface area contributed by atoms with Gasteiger partial charge in [-0.2, -0.15) is 0 Å². The molecule has 4 rings (SSSR count). The Balaban J connectivity index is 1.56. The fourth-order valence-electron chi connectivity index (χ4n) is 3.26. The average Bonchev–Trinajstić information content (AvgIpc) is 3.13. The molecule has 27 heavy (non-hydrogen) atoms. The molecule has 0 saturated heterocycles. The van der Waals surface area contributed by atoms with Crippen molar-refractivity contribution in [3.05, 3.63) is 47.5 Å². The van der Waals surface area contributed by atoms with Crippen LogP contribution in [0.15, 0.2) is 36.4 Å². The molecule has 0 aliphatic carbocycles. The van der Waals surface area contributed by atoms with Crippen molar-refractivity contribution in [3.8, 4) is 11.5 Å². The van der Waals surface area contributed by atoms with Crippen LogP contribution in [0.3, 0.4) is 0 Å². The van der Waals surface area contributed by atoms with Crippen LogP contribution in [-0.2, 0) is 13.1 Å². The number of hydrogen-bond acceptors (Lipinski definition) is 5. The predicted octanol–water partition coefficient (Wildman–Crippen LogP) is 2.88. The molecule has 2 aromatic carbocycles. The summed E-state index contributed by atoms with van der Waals surface area (Å²) in [6.45, 7) is 6.96. The molecular formula is C20H22N4O3. The Morgan fingerprint density at radius 2 is 1.93 bits per heavy atom. The minimum atomic E-state index is -0.0275. The van der Waals surface area contributed by atoms with Crippen molar-refractivity contribution in [1.82, 2.24) is 19.9 Å². The molecule has 3 aromatic rings. The topological polar surface area (TPSA) is 69.5 Å². The molecule has 0 radical (unpaired) electrons. The Kier molecular flexibility index (Phi) is 4.66. The highest BCUT2D eigenvalue weighted by molar-refractivity contribution is 5.97. The molecule has 0 saturated carbocycles. The first-order chi connectivity index (χ1) is 13.2. The lowest BCUT2D eigenvalue weighted by Crippen LogP contribution is -2.30. The number of aryl methyl sites for hydroxylation is 1. The van der Waals surface area contributed by atoms with Crippen LogP contribution >= 0.6 is 0 Å². The Hall–Kier alpha value is -3.09. The van der Waals surface area contributed by atoms with Crippen LogP contribution in [0.4, 0.5) is 0 Å². The summed E-state index contributed by atoms with van der Waals surface area (Å²) in [6, 6.07) is 11.4. The highest BCUT2D eigenvalue weighted by Gasteiger charge is 2.18. The summed E-state index contributed by atoms with van der Waals surface area (Å²) in [4.78, 5) is 14.8. The van der Waals surface area contributed by atoms with Crippen LogP contribution in [-0.4, -0.2) is 45.6 Å². The van der Waals surface area contributed by atoms with Gasteiger partial charge in [0.1, 0.15) is 18.7 Å². The number of amides is 1. The standard InChI is InChI=1S/C20H22N4O3/c1-3-23(13-14-5-8-18-19(11-14)27-10-9-26-18)20(25)15-6-7-17-16(12-15)21-22-24(17)4-2/h5-8,11-12H,3-4,9-10,13H2,1-2H3. The monoisotopic (exact) mass is 366 g/mol. The maximum atomic E-state index is 13.0. The highest BCUT2D eigenvalue weighted by Crippen LogP contribution is 2.31. The summed E-state index contributed by atoms with van der Waals surface area (Å²) in [5.74, 6) is 1.46. The zero-order valence-electron chi connectivity index (χ0n) is 15.5. The smallest absolute Gasteiger partial charge is 0.254 e. The Morgan fingerprint density at radius 1 is 1.11 bits per heavy atom. The van der Waals surface area contributed by atoms with Crippen molar-refractivity contribution < 1.29 is 14.3 Å². The van der Waals surface area contributed by atoms with E-state index in [2.05, 4.69) is 10.3 Å². The van der Waals surface area contributed by atoms with Crippen molar-refractivity contribution in [2.24, 2.45) is 0 Å². The van der Waals surface area contributed by atoms with Gasteiger partial charge in [-0.1, -0.05) is 11.3 Å². The van der Waals surface area contributed by atoms with Crippen molar-refractivity contribution >= 4 is 16.9 Å². The predicted molar refractivity (Wildman–Crippen MR) is 101 cm³/mol. The first kappa shape index (κ1) is 17.3. The van der Waals surface area contributed by atoms with Crippen LogP contribution < -0.4 is 9.47 Å². The summed E-state index contributed by atoms with van der Waals surface area (Å²) in [5, 5.41) is 8.27. The molecule has 7 heteroatoms. The molecule has 1 aliphatic rings. The number of hydrogen-bond donors (Lipinski definition) is 0. The molecular weight excluding hydrogens is 344 g/mol. The lowest BCUT2D eigenvalue weighted by molar-refractivity contribution is 0.0752. The van der Waals surface area contributed by atoms with E-state index >= 15 is 0 Å². The average molecular weight is 366 g/mol. The van der Waals surface area contributed by atoms with Crippen molar-refractivity contribution in [3.63, 3.8) is 0 Å². The minimum absolute atomic E-state index is 0.0275. The second-order valence-electron chi connectivity index (χ2n) is 6.41. The van der Waals surface area contributed by atoms with Gasteiger partial charge in [0.2, 0.25) is 0 Å². The third-order valence-corrected chi connectivity index (χ3v) is 4.71. The molecule has 0 N–H and O–H groups in total. The minimum Gasteiger partial charge on any atom is -0.486 e. The summed E-state index contributed by atoms with van der Waals surface area (Å²) < 4.78 is 13.0. The number of nitrogens with zero attached hydrogens (tertiary/aromatic N) is 4. The van der Waals surface area contributed by atoms with Crippen LogP contribution in [0.5, 0.6) is 11.5 Å². The maximum Gasteiger partial charge on any atom is 0.254 e. The molecule has 1 amide bonds. The van der Waals surface area contributed by atoms with Gasteiger partial charge in [-0.15, -0.1) is 5.10 Å². The van der Waals surface area contributed by atoms with E-state index in [-0.39, 0.29) is 5.91 Å². The molecule has 7 nitrogen and oxygen atoms in total. The van der Waals surface area contributed by atoms with Crippen LogP contribution in [0.2, 0.25) is 0 Å². The number of carbonyl (C=O) groups excluding carboxylic acids is 1. The molecule has 0 atom stereocenters. The number of benzene rings is 2. The number of ether oxygens (including phenoxy) is 2. The van der Waals surface area contributed by atoms with Crippen LogP contribution in [0.25, 0.3) is 11.0 Å². The Bertz CT molecular complexity index is 983. The van der Waals surface area contributed by atoms with Gasteiger partial charge >= 0.3 is 0 Å². The van der Waals surface area contributed by atoms with Crippen LogP contribution in [0, 0.1) is 0 Å². The molecule has 1 aliphatic heterocycles. The van der Waals surface area contributed by atoms with Gasteiger partial charge < -0.3 is 14.4 Å². The van der Waals surface area contributed by atoms with Gasteiger partial charge in [-0.3, -0.25) is 4.79 Å². The lowest BCUT2D eigenvalue weighted by atomic mass is 10.1. The van der Waals surface area contributed by atoms with E-state index in [0.717, 1.165) is 34.6 Å². The number of fused-ring (bicyclic) bond motifs is 2. The summed E-state index contributed by atoms with van der Waals surface area (Å²) in [7, 11) is 0. The largest absolute Gasteiger partial charge is 0.486 e.